The quantitative estimate of drug-likeness (QED) is 0.921. The average molecular weight is 270 g/mol. The Morgan fingerprint density at radius 2 is 2.10 bits per heavy atom. The molecule has 0 aliphatic carbocycles. The maximum atomic E-state index is 5.96. The molecule has 0 saturated heterocycles. The Morgan fingerprint density at radius 1 is 1.20 bits per heavy atom. The Kier molecular flexibility index (Phi) is 3.72. The second-order valence-electron chi connectivity index (χ2n) is 4.66. The third kappa shape index (κ3) is 2.54. The van der Waals surface area contributed by atoms with E-state index >= 15 is 0 Å². The van der Waals surface area contributed by atoms with Gasteiger partial charge in [-0.05, 0) is 43.5 Å². The summed E-state index contributed by atoms with van der Waals surface area (Å²) in [7, 11) is 0. The number of fused-ring (bicyclic) bond motifs is 1. The van der Waals surface area contributed by atoms with Crippen LogP contribution in [0.15, 0.2) is 36.5 Å². The fourth-order valence-electron chi connectivity index (χ4n) is 2.39. The van der Waals surface area contributed by atoms with E-state index in [0.29, 0.717) is 18.2 Å². The van der Waals surface area contributed by atoms with Crippen LogP contribution in [0.1, 0.15) is 18.9 Å². The third-order valence-electron chi connectivity index (χ3n) is 3.28. The standard InChI is InChI=1S/C16H18N2O2/c1-2-19-14-9-5-11-18-16(14)20-13-8-3-6-12-7-4-10-17-15(12)13/h3,5-6,8-9,11,17H,2,4,7,10H2,1H3. The van der Waals surface area contributed by atoms with E-state index < -0.39 is 0 Å². The normalized spacial score (nSPS) is 13.2. The number of hydrogen-bond acceptors (Lipinski definition) is 4. The fourth-order valence-corrected chi connectivity index (χ4v) is 2.39. The van der Waals surface area contributed by atoms with Gasteiger partial charge in [-0.2, -0.15) is 0 Å². The van der Waals surface area contributed by atoms with Crippen LogP contribution in [0.3, 0.4) is 0 Å². The van der Waals surface area contributed by atoms with Gasteiger partial charge in [-0.15, -0.1) is 0 Å². The van der Waals surface area contributed by atoms with Gasteiger partial charge >= 0.3 is 0 Å². The minimum absolute atomic E-state index is 0.509. The highest BCUT2D eigenvalue weighted by molar-refractivity contribution is 5.64. The number of aromatic nitrogens is 1. The van der Waals surface area contributed by atoms with Gasteiger partial charge in [-0.1, -0.05) is 12.1 Å². The number of benzene rings is 1. The molecule has 0 bridgehead atoms. The van der Waals surface area contributed by atoms with Gasteiger partial charge < -0.3 is 14.8 Å². The van der Waals surface area contributed by atoms with Gasteiger partial charge in [0.2, 0.25) is 0 Å². The molecule has 0 spiro atoms. The van der Waals surface area contributed by atoms with E-state index in [9.17, 15) is 0 Å². The highest BCUT2D eigenvalue weighted by Crippen LogP contribution is 2.37. The zero-order valence-electron chi connectivity index (χ0n) is 11.6. The zero-order valence-corrected chi connectivity index (χ0v) is 11.6. The van der Waals surface area contributed by atoms with Crippen LogP contribution in [0.5, 0.6) is 17.4 Å². The summed E-state index contributed by atoms with van der Waals surface area (Å²) in [5, 5.41) is 3.41. The number of anilines is 1. The molecule has 0 saturated carbocycles. The first-order valence-electron chi connectivity index (χ1n) is 7.00. The van der Waals surface area contributed by atoms with E-state index in [-0.39, 0.29) is 0 Å². The summed E-state index contributed by atoms with van der Waals surface area (Å²) in [6, 6.07) is 9.83. The van der Waals surface area contributed by atoms with E-state index in [1.807, 2.05) is 31.2 Å². The second-order valence-corrected chi connectivity index (χ2v) is 4.66. The topological polar surface area (TPSA) is 43.4 Å². The molecular weight excluding hydrogens is 252 g/mol. The molecule has 4 heteroatoms. The minimum atomic E-state index is 0.509. The van der Waals surface area contributed by atoms with Crippen molar-refractivity contribution >= 4 is 5.69 Å². The van der Waals surface area contributed by atoms with Gasteiger partial charge in [0.05, 0.1) is 12.3 Å². The molecule has 2 heterocycles. The van der Waals surface area contributed by atoms with Crippen LogP contribution in [0.4, 0.5) is 5.69 Å². The Balaban J connectivity index is 1.92. The number of ether oxygens (including phenoxy) is 2. The summed E-state index contributed by atoms with van der Waals surface area (Å²) >= 11 is 0. The van der Waals surface area contributed by atoms with E-state index in [0.717, 1.165) is 30.8 Å². The Morgan fingerprint density at radius 3 is 3.00 bits per heavy atom. The lowest BCUT2D eigenvalue weighted by Gasteiger charge is -2.21. The van der Waals surface area contributed by atoms with Gasteiger partial charge in [-0.3, -0.25) is 0 Å². The zero-order chi connectivity index (χ0) is 13.8. The summed E-state index contributed by atoms with van der Waals surface area (Å²) in [6.07, 6.45) is 3.95. The van der Waals surface area contributed by atoms with Crippen molar-refractivity contribution in [1.29, 1.82) is 0 Å². The van der Waals surface area contributed by atoms with Crippen molar-refractivity contribution in [3.05, 3.63) is 42.1 Å². The largest absolute Gasteiger partial charge is 0.488 e. The molecule has 1 aliphatic rings. The fraction of sp³-hybridized carbons (Fsp3) is 0.312. The Labute approximate surface area is 118 Å². The van der Waals surface area contributed by atoms with Crippen LogP contribution in [-0.4, -0.2) is 18.1 Å². The van der Waals surface area contributed by atoms with Crippen LogP contribution in [0, 0.1) is 0 Å². The van der Waals surface area contributed by atoms with Crippen molar-refractivity contribution in [2.75, 3.05) is 18.5 Å². The number of aryl methyl sites for hydroxylation is 1. The minimum Gasteiger partial charge on any atom is -0.488 e. The Bertz CT molecular complexity index is 599. The van der Waals surface area contributed by atoms with Gasteiger partial charge in [0, 0.05) is 12.7 Å². The van der Waals surface area contributed by atoms with Crippen molar-refractivity contribution in [2.45, 2.75) is 19.8 Å². The van der Waals surface area contributed by atoms with E-state index in [1.54, 1.807) is 6.20 Å². The first-order chi connectivity index (χ1) is 9.88. The maximum absolute atomic E-state index is 5.96. The first kappa shape index (κ1) is 12.8. The van der Waals surface area contributed by atoms with Crippen LogP contribution in [0.2, 0.25) is 0 Å². The summed E-state index contributed by atoms with van der Waals surface area (Å²) in [5.74, 6) is 1.99. The number of nitrogens with one attached hydrogen (secondary N) is 1. The van der Waals surface area contributed by atoms with Crippen LogP contribution in [-0.2, 0) is 6.42 Å². The summed E-state index contributed by atoms with van der Waals surface area (Å²) in [6.45, 7) is 3.52. The molecule has 1 aromatic carbocycles. The number of hydrogen-bond donors (Lipinski definition) is 1. The molecule has 4 nitrogen and oxygen atoms in total. The summed E-state index contributed by atoms with van der Waals surface area (Å²) < 4.78 is 11.5. The van der Waals surface area contributed by atoms with Crippen LogP contribution >= 0.6 is 0 Å². The van der Waals surface area contributed by atoms with Crippen molar-refractivity contribution in [3.63, 3.8) is 0 Å². The SMILES string of the molecule is CCOc1cccnc1Oc1cccc2c1NCCC2. The molecule has 0 radical (unpaired) electrons. The van der Waals surface area contributed by atoms with Gasteiger partial charge in [0.25, 0.3) is 5.88 Å². The van der Waals surface area contributed by atoms with E-state index in [1.165, 1.54) is 5.56 Å². The molecule has 3 rings (SSSR count). The molecule has 0 unspecified atom stereocenters. The third-order valence-corrected chi connectivity index (χ3v) is 3.28. The van der Waals surface area contributed by atoms with Crippen molar-refractivity contribution in [2.24, 2.45) is 0 Å². The Hall–Kier alpha value is -2.23. The molecule has 104 valence electrons. The maximum Gasteiger partial charge on any atom is 0.262 e. The highest BCUT2D eigenvalue weighted by atomic mass is 16.5. The van der Waals surface area contributed by atoms with Crippen molar-refractivity contribution in [3.8, 4) is 17.4 Å². The summed E-state index contributed by atoms with van der Waals surface area (Å²) in [5.41, 5.74) is 2.37. The number of rotatable bonds is 4. The molecule has 0 atom stereocenters. The lowest BCUT2D eigenvalue weighted by molar-refractivity contribution is 0.316. The van der Waals surface area contributed by atoms with E-state index in [4.69, 9.17) is 9.47 Å². The molecule has 1 N–H and O–H groups in total. The van der Waals surface area contributed by atoms with Crippen molar-refractivity contribution < 1.29 is 9.47 Å². The molecule has 20 heavy (non-hydrogen) atoms. The van der Waals surface area contributed by atoms with Gasteiger partial charge in [0.1, 0.15) is 0 Å². The number of pyridine rings is 1. The van der Waals surface area contributed by atoms with Gasteiger partial charge in [0.15, 0.2) is 11.5 Å². The molecule has 1 aromatic heterocycles. The number of nitrogens with zero attached hydrogens (tertiary/aromatic N) is 1. The first-order valence-corrected chi connectivity index (χ1v) is 7.00. The van der Waals surface area contributed by atoms with Crippen LogP contribution in [0.25, 0.3) is 0 Å². The monoisotopic (exact) mass is 270 g/mol. The molecule has 0 fully saturated rings. The van der Waals surface area contributed by atoms with E-state index in [2.05, 4.69) is 16.4 Å². The smallest absolute Gasteiger partial charge is 0.262 e. The molecule has 2 aromatic rings. The highest BCUT2D eigenvalue weighted by Gasteiger charge is 2.15. The lowest BCUT2D eigenvalue weighted by Crippen LogP contribution is -2.12. The predicted molar refractivity (Wildman–Crippen MR) is 78.7 cm³/mol. The van der Waals surface area contributed by atoms with Crippen molar-refractivity contribution in [1.82, 2.24) is 4.98 Å². The van der Waals surface area contributed by atoms with Crippen LogP contribution < -0.4 is 14.8 Å². The average Bonchev–Trinajstić information content (AvgIpc) is 2.50. The summed E-state index contributed by atoms with van der Waals surface area (Å²) in [4.78, 5) is 4.27. The second kappa shape index (κ2) is 5.82. The lowest BCUT2D eigenvalue weighted by atomic mass is 10.0. The van der Waals surface area contributed by atoms with Gasteiger partial charge in [-0.25, -0.2) is 4.98 Å². The molecule has 0 amide bonds. The predicted octanol–water partition coefficient (Wildman–Crippen LogP) is 3.63. The number of para-hydroxylation sites is 1. The molecule has 1 aliphatic heterocycles. The molecular formula is C16H18N2O2.